The van der Waals surface area contributed by atoms with E-state index in [-0.39, 0.29) is 23.4 Å². The van der Waals surface area contributed by atoms with Gasteiger partial charge in [-0.3, -0.25) is 10.1 Å². The van der Waals surface area contributed by atoms with Crippen LogP contribution in [-0.2, 0) is 0 Å². The lowest BCUT2D eigenvalue weighted by Crippen LogP contribution is -2.23. The monoisotopic (exact) mass is 251 g/mol. The van der Waals surface area contributed by atoms with Gasteiger partial charge in [0.15, 0.2) is 0 Å². The number of nitrogens with zero attached hydrogens (tertiary/aromatic N) is 2. The molecule has 2 unspecified atom stereocenters. The molecule has 1 heterocycles. The first-order valence-corrected chi connectivity index (χ1v) is 5.96. The third kappa shape index (κ3) is 2.38. The summed E-state index contributed by atoms with van der Waals surface area (Å²) in [5, 5.41) is 20.2. The lowest BCUT2D eigenvalue weighted by atomic mass is 10.0. The third-order valence-electron chi connectivity index (χ3n) is 3.48. The molecule has 18 heavy (non-hydrogen) atoms. The number of aliphatic hydroxyl groups excluding tert-OH is 1. The SMILES string of the molecule is CC(O)C1CCN(c2ccc([N+](=O)[O-])c(N)c2)C1. The van der Waals surface area contributed by atoms with Crippen LogP contribution in [0, 0.1) is 16.0 Å². The molecule has 1 aromatic carbocycles. The van der Waals surface area contributed by atoms with Crippen molar-refractivity contribution in [3.8, 4) is 0 Å². The van der Waals surface area contributed by atoms with E-state index >= 15 is 0 Å². The van der Waals surface area contributed by atoms with Crippen molar-refractivity contribution in [3.63, 3.8) is 0 Å². The van der Waals surface area contributed by atoms with Gasteiger partial charge in [-0.2, -0.15) is 0 Å². The quantitative estimate of drug-likeness (QED) is 0.481. The average molecular weight is 251 g/mol. The maximum absolute atomic E-state index is 10.7. The molecule has 1 aliphatic heterocycles. The maximum atomic E-state index is 10.7. The number of nitrogen functional groups attached to an aromatic ring is 1. The van der Waals surface area contributed by atoms with Gasteiger partial charge in [-0.05, 0) is 25.5 Å². The lowest BCUT2D eigenvalue weighted by Gasteiger charge is -2.20. The fourth-order valence-corrected chi connectivity index (χ4v) is 2.32. The third-order valence-corrected chi connectivity index (χ3v) is 3.48. The highest BCUT2D eigenvalue weighted by atomic mass is 16.6. The number of hydrogen-bond acceptors (Lipinski definition) is 5. The van der Waals surface area contributed by atoms with Crippen molar-refractivity contribution in [1.29, 1.82) is 0 Å². The molecular formula is C12H17N3O3. The van der Waals surface area contributed by atoms with E-state index in [1.807, 2.05) is 0 Å². The number of anilines is 2. The predicted molar refractivity (Wildman–Crippen MR) is 69.5 cm³/mol. The molecular weight excluding hydrogens is 234 g/mol. The Morgan fingerprint density at radius 3 is 2.83 bits per heavy atom. The number of hydrogen-bond donors (Lipinski definition) is 2. The number of nitro benzene ring substituents is 1. The maximum Gasteiger partial charge on any atom is 0.292 e. The molecule has 2 rings (SSSR count). The Morgan fingerprint density at radius 1 is 1.61 bits per heavy atom. The summed E-state index contributed by atoms with van der Waals surface area (Å²) in [6.07, 6.45) is 0.597. The largest absolute Gasteiger partial charge is 0.393 e. The summed E-state index contributed by atoms with van der Waals surface area (Å²) >= 11 is 0. The smallest absolute Gasteiger partial charge is 0.292 e. The van der Waals surface area contributed by atoms with Crippen molar-refractivity contribution in [2.24, 2.45) is 5.92 Å². The molecule has 0 aliphatic carbocycles. The second-order valence-corrected chi connectivity index (χ2v) is 4.74. The van der Waals surface area contributed by atoms with E-state index in [1.54, 1.807) is 19.1 Å². The zero-order chi connectivity index (χ0) is 13.3. The molecule has 3 N–H and O–H groups in total. The molecule has 1 saturated heterocycles. The normalized spacial score (nSPS) is 21.0. The van der Waals surface area contributed by atoms with E-state index in [4.69, 9.17) is 5.73 Å². The van der Waals surface area contributed by atoms with Gasteiger partial charge in [0.05, 0.1) is 11.0 Å². The summed E-state index contributed by atoms with van der Waals surface area (Å²) < 4.78 is 0. The molecule has 0 radical (unpaired) electrons. The molecule has 6 nitrogen and oxygen atoms in total. The van der Waals surface area contributed by atoms with E-state index in [9.17, 15) is 15.2 Å². The molecule has 98 valence electrons. The highest BCUT2D eigenvalue weighted by molar-refractivity contribution is 5.66. The molecule has 2 atom stereocenters. The van der Waals surface area contributed by atoms with Crippen molar-refractivity contribution in [2.75, 3.05) is 23.7 Å². The fraction of sp³-hybridized carbons (Fsp3) is 0.500. The fourth-order valence-electron chi connectivity index (χ4n) is 2.32. The van der Waals surface area contributed by atoms with E-state index in [2.05, 4.69) is 4.90 Å². The molecule has 6 heteroatoms. The molecule has 0 bridgehead atoms. The predicted octanol–water partition coefficient (Wildman–Crippen LogP) is 1.38. The minimum atomic E-state index is -0.484. The summed E-state index contributed by atoms with van der Waals surface area (Å²) in [6, 6.07) is 4.77. The number of benzene rings is 1. The van der Waals surface area contributed by atoms with Gasteiger partial charge in [0.1, 0.15) is 5.69 Å². The highest BCUT2D eigenvalue weighted by Gasteiger charge is 2.26. The van der Waals surface area contributed by atoms with E-state index in [0.29, 0.717) is 0 Å². The van der Waals surface area contributed by atoms with Gasteiger partial charge in [0.2, 0.25) is 0 Å². The molecule has 1 fully saturated rings. The minimum absolute atomic E-state index is 0.0648. The summed E-state index contributed by atoms with van der Waals surface area (Å²) in [4.78, 5) is 12.3. The Balaban J connectivity index is 2.16. The van der Waals surface area contributed by atoms with Gasteiger partial charge >= 0.3 is 0 Å². The van der Waals surface area contributed by atoms with Gasteiger partial charge in [-0.25, -0.2) is 0 Å². The van der Waals surface area contributed by atoms with Gasteiger partial charge in [-0.1, -0.05) is 0 Å². The van der Waals surface area contributed by atoms with E-state index in [1.165, 1.54) is 6.07 Å². The molecule has 0 saturated carbocycles. The van der Waals surface area contributed by atoms with Crippen LogP contribution in [0.5, 0.6) is 0 Å². The number of rotatable bonds is 3. The first-order valence-electron chi connectivity index (χ1n) is 5.96. The van der Waals surface area contributed by atoms with Gasteiger partial charge in [-0.15, -0.1) is 0 Å². The van der Waals surface area contributed by atoms with Crippen molar-refractivity contribution in [3.05, 3.63) is 28.3 Å². The van der Waals surface area contributed by atoms with Crippen LogP contribution in [0.4, 0.5) is 17.1 Å². The Morgan fingerprint density at radius 2 is 2.33 bits per heavy atom. The molecule has 0 aromatic heterocycles. The number of aliphatic hydroxyl groups is 1. The van der Waals surface area contributed by atoms with Crippen LogP contribution in [0.15, 0.2) is 18.2 Å². The first kappa shape index (κ1) is 12.6. The second kappa shape index (κ2) is 4.81. The van der Waals surface area contributed by atoms with Crippen LogP contribution >= 0.6 is 0 Å². The molecule has 0 spiro atoms. The topological polar surface area (TPSA) is 92.6 Å². The van der Waals surface area contributed by atoms with E-state index in [0.717, 1.165) is 25.2 Å². The number of nitro groups is 1. The van der Waals surface area contributed by atoms with Crippen LogP contribution in [0.2, 0.25) is 0 Å². The van der Waals surface area contributed by atoms with Crippen LogP contribution in [0.25, 0.3) is 0 Å². The summed E-state index contributed by atoms with van der Waals surface area (Å²) in [5.41, 5.74) is 6.66. The lowest BCUT2D eigenvalue weighted by molar-refractivity contribution is -0.383. The molecule has 1 aromatic rings. The highest BCUT2D eigenvalue weighted by Crippen LogP contribution is 2.30. The Labute approximate surface area is 105 Å². The zero-order valence-corrected chi connectivity index (χ0v) is 10.2. The van der Waals surface area contributed by atoms with Gasteiger partial charge < -0.3 is 15.7 Å². The van der Waals surface area contributed by atoms with Crippen molar-refractivity contribution in [2.45, 2.75) is 19.4 Å². The van der Waals surface area contributed by atoms with Crippen molar-refractivity contribution in [1.82, 2.24) is 0 Å². The summed E-state index contributed by atoms with van der Waals surface area (Å²) in [6.45, 7) is 3.39. The Kier molecular flexibility index (Phi) is 3.38. The van der Waals surface area contributed by atoms with Crippen LogP contribution < -0.4 is 10.6 Å². The van der Waals surface area contributed by atoms with Crippen LogP contribution in [0.3, 0.4) is 0 Å². The zero-order valence-electron chi connectivity index (χ0n) is 10.2. The summed E-state index contributed by atoms with van der Waals surface area (Å²) in [7, 11) is 0. The Hall–Kier alpha value is -1.82. The van der Waals surface area contributed by atoms with Crippen LogP contribution in [-0.4, -0.2) is 29.2 Å². The average Bonchev–Trinajstić information content (AvgIpc) is 2.77. The molecule has 1 aliphatic rings. The van der Waals surface area contributed by atoms with Crippen LogP contribution in [0.1, 0.15) is 13.3 Å². The van der Waals surface area contributed by atoms with Crippen molar-refractivity contribution >= 4 is 17.1 Å². The number of nitrogens with two attached hydrogens (primary N) is 1. The summed E-state index contributed by atoms with van der Waals surface area (Å²) in [5.74, 6) is 0.251. The van der Waals surface area contributed by atoms with E-state index < -0.39 is 4.92 Å². The van der Waals surface area contributed by atoms with Gasteiger partial charge in [0, 0.05) is 30.8 Å². The standard InChI is InChI=1S/C12H17N3O3/c1-8(16)9-4-5-14(7-9)10-2-3-12(15(17)18)11(13)6-10/h2-3,6,8-9,16H,4-5,7,13H2,1H3. The second-order valence-electron chi connectivity index (χ2n) is 4.74. The van der Waals surface area contributed by atoms with Crippen molar-refractivity contribution < 1.29 is 10.0 Å². The molecule has 0 amide bonds. The first-order chi connectivity index (χ1) is 8.49. The minimum Gasteiger partial charge on any atom is -0.393 e. The Bertz CT molecular complexity index is 462. The van der Waals surface area contributed by atoms with Gasteiger partial charge in [0.25, 0.3) is 5.69 Å².